The summed E-state index contributed by atoms with van der Waals surface area (Å²) < 4.78 is 1.98. The highest BCUT2D eigenvalue weighted by Crippen LogP contribution is 2.33. The molecule has 0 saturated carbocycles. The largest absolute Gasteiger partial charge is 0.382 e. The maximum atomic E-state index is 12.6. The normalized spacial score (nSPS) is 12.9. The van der Waals surface area contributed by atoms with Gasteiger partial charge in [0.25, 0.3) is 5.91 Å². The molecule has 0 saturated heterocycles. The van der Waals surface area contributed by atoms with Crippen LogP contribution in [0.3, 0.4) is 0 Å². The van der Waals surface area contributed by atoms with Crippen LogP contribution in [0, 0.1) is 11.8 Å². The molecule has 0 aliphatic carbocycles. The van der Waals surface area contributed by atoms with Crippen LogP contribution in [0.15, 0.2) is 67.1 Å². The second kappa shape index (κ2) is 9.08. The van der Waals surface area contributed by atoms with E-state index in [2.05, 4.69) is 38.1 Å². The summed E-state index contributed by atoms with van der Waals surface area (Å²) in [6, 6.07) is 12.6. The number of benzene rings is 1. The number of nitrogens with zero attached hydrogens (tertiary/aromatic N) is 5. The first kappa shape index (κ1) is 21.2. The van der Waals surface area contributed by atoms with Gasteiger partial charge in [0.05, 0.1) is 12.2 Å². The van der Waals surface area contributed by atoms with Crippen LogP contribution in [0.25, 0.3) is 22.5 Å². The predicted octanol–water partition coefficient (Wildman–Crippen LogP) is 3.70. The smallest absolute Gasteiger partial charge is 0.256 e. The molecule has 34 heavy (non-hydrogen) atoms. The van der Waals surface area contributed by atoms with Gasteiger partial charge < -0.3 is 16.0 Å². The highest BCUT2D eigenvalue weighted by Gasteiger charge is 2.24. The zero-order chi connectivity index (χ0) is 23.5. The van der Waals surface area contributed by atoms with Gasteiger partial charge in [-0.25, -0.2) is 15.0 Å². The molecule has 0 unspecified atom stereocenters. The topological polar surface area (TPSA) is 101 Å². The summed E-state index contributed by atoms with van der Waals surface area (Å²) in [6.45, 7) is 3.39. The van der Waals surface area contributed by atoms with Crippen molar-refractivity contribution >= 4 is 28.8 Å². The lowest BCUT2D eigenvalue weighted by Crippen LogP contribution is -2.20. The van der Waals surface area contributed by atoms with Crippen molar-refractivity contribution in [3.8, 4) is 23.1 Å². The number of pyridine rings is 1. The fourth-order valence-corrected chi connectivity index (χ4v) is 4.03. The van der Waals surface area contributed by atoms with E-state index in [1.807, 2.05) is 35.7 Å². The molecule has 1 aliphatic rings. The first-order chi connectivity index (χ1) is 16.7. The third-order valence-corrected chi connectivity index (χ3v) is 5.66. The lowest BCUT2D eigenvalue weighted by molar-refractivity contribution is 0.102. The summed E-state index contributed by atoms with van der Waals surface area (Å²) in [7, 11) is 0. The third-order valence-electron chi connectivity index (χ3n) is 5.66. The zero-order valence-electron chi connectivity index (χ0n) is 18.7. The van der Waals surface area contributed by atoms with E-state index in [4.69, 9.17) is 10.7 Å². The number of rotatable bonds is 5. The van der Waals surface area contributed by atoms with Crippen LogP contribution in [0.5, 0.6) is 0 Å². The number of fused-ring (bicyclic) bond motifs is 1. The molecule has 1 aromatic carbocycles. The van der Waals surface area contributed by atoms with Gasteiger partial charge in [-0.05, 0) is 37.6 Å². The quantitative estimate of drug-likeness (QED) is 0.451. The minimum atomic E-state index is -0.231. The highest BCUT2D eigenvalue weighted by molar-refractivity contribution is 6.04. The third kappa shape index (κ3) is 3.95. The molecule has 0 bridgehead atoms. The highest BCUT2D eigenvalue weighted by atomic mass is 16.1. The van der Waals surface area contributed by atoms with E-state index in [1.54, 1.807) is 36.7 Å². The van der Waals surface area contributed by atoms with Gasteiger partial charge >= 0.3 is 0 Å². The molecule has 3 N–H and O–H groups in total. The molecule has 0 radical (unpaired) electrons. The second-order valence-corrected chi connectivity index (χ2v) is 7.79. The predicted molar refractivity (Wildman–Crippen MR) is 133 cm³/mol. The summed E-state index contributed by atoms with van der Waals surface area (Å²) in [6.07, 6.45) is 8.29. The number of carbonyl (C=O) groups excluding carboxylic acids is 1. The Hall–Kier alpha value is -4.64. The first-order valence-electron chi connectivity index (χ1n) is 11.0. The minimum Gasteiger partial charge on any atom is -0.382 e. The van der Waals surface area contributed by atoms with Crippen LogP contribution in [0.1, 0.15) is 29.5 Å². The maximum absolute atomic E-state index is 12.6. The van der Waals surface area contributed by atoms with Gasteiger partial charge in [-0.3, -0.25) is 9.20 Å². The molecule has 0 spiro atoms. The average molecular weight is 450 g/mol. The van der Waals surface area contributed by atoms with Gasteiger partial charge in [-0.15, -0.1) is 5.92 Å². The Morgan fingerprint density at radius 2 is 2.00 bits per heavy atom. The monoisotopic (exact) mass is 449 g/mol. The van der Waals surface area contributed by atoms with E-state index < -0.39 is 0 Å². The number of nitrogen functional groups attached to an aromatic ring is 1. The lowest BCUT2D eigenvalue weighted by atomic mass is 10.1. The number of amides is 1. The van der Waals surface area contributed by atoms with Crippen molar-refractivity contribution in [1.29, 1.82) is 0 Å². The van der Waals surface area contributed by atoms with Gasteiger partial charge in [-0.2, -0.15) is 0 Å². The van der Waals surface area contributed by atoms with E-state index in [-0.39, 0.29) is 5.91 Å². The molecule has 1 amide bonds. The Balaban J connectivity index is 1.50. The van der Waals surface area contributed by atoms with Gasteiger partial charge in [0, 0.05) is 36.3 Å². The van der Waals surface area contributed by atoms with E-state index in [0.29, 0.717) is 29.4 Å². The fourth-order valence-electron chi connectivity index (χ4n) is 4.03. The minimum absolute atomic E-state index is 0.231. The van der Waals surface area contributed by atoms with Gasteiger partial charge in [0.1, 0.15) is 22.8 Å². The van der Waals surface area contributed by atoms with Gasteiger partial charge in [0.15, 0.2) is 5.82 Å². The molecule has 168 valence electrons. The van der Waals surface area contributed by atoms with E-state index >= 15 is 0 Å². The SMILES string of the molecule is CC#CCN1CCC=C1c1nc(-c2ccc(C(=O)Nc3ccccn3)cc2)c2c(N)nccn12. The standard InChI is InChI=1S/C26H23N7O/c1-2-3-15-32-16-6-7-20(32)25-31-22(23-24(27)29-14-17-33(23)25)18-9-11-19(12-10-18)26(34)30-21-8-4-5-13-28-21/h4-5,7-14,17H,6,15-16H2,1H3,(H2,27,29)(H,28,30,34). The molecule has 1 aliphatic heterocycles. The average Bonchev–Trinajstić information content (AvgIpc) is 3.48. The lowest BCUT2D eigenvalue weighted by Gasteiger charge is -2.18. The van der Waals surface area contributed by atoms with Crippen molar-refractivity contribution in [3.63, 3.8) is 0 Å². The summed E-state index contributed by atoms with van der Waals surface area (Å²) in [5.74, 6) is 7.57. The molecule has 8 heteroatoms. The van der Waals surface area contributed by atoms with Crippen LogP contribution in [-0.4, -0.2) is 43.2 Å². The number of anilines is 2. The van der Waals surface area contributed by atoms with Gasteiger partial charge in [0.2, 0.25) is 0 Å². The van der Waals surface area contributed by atoms with Crippen molar-refractivity contribution in [3.05, 3.63) is 78.5 Å². The molecule has 8 nitrogen and oxygen atoms in total. The van der Waals surface area contributed by atoms with Crippen LogP contribution in [0.2, 0.25) is 0 Å². The van der Waals surface area contributed by atoms with E-state index in [1.165, 1.54) is 0 Å². The molecule has 3 aromatic heterocycles. The van der Waals surface area contributed by atoms with Crippen LogP contribution < -0.4 is 11.1 Å². The first-order valence-corrected chi connectivity index (χ1v) is 11.0. The zero-order valence-corrected chi connectivity index (χ0v) is 18.7. The van der Waals surface area contributed by atoms with Crippen molar-refractivity contribution in [2.45, 2.75) is 13.3 Å². The number of aromatic nitrogens is 4. The van der Waals surface area contributed by atoms with Gasteiger partial charge in [-0.1, -0.05) is 30.2 Å². The number of carbonyl (C=O) groups is 1. The Labute approximate surface area is 197 Å². The molecule has 0 fully saturated rings. The van der Waals surface area contributed by atoms with Crippen LogP contribution >= 0.6 is 0 Å². The number of imidazole rings is 1. The van der Waals surface area contributed by atoms with E-state index in [0.717, 1.165) is 35.6 Å². The van der Waals surface area contributed by atoms with Crippen molar-refractivity contribution < 1.29 is 4.79 Å². The summed E-state index contributed by atoms with van der Waals surface area (Å²) >= 11 is 0. The van der Waals surface area contributed by atoms with E-state index in [9.17, 15) is 4.79 Å². The number of nitrogens with one attached hydrogen (secondary N) is 1. The fraction of sp³-hybridized carbons (Fsp3) is 0.154. The maximum Gasteiger partial charge on any atom is 0.256 e. The molecule has 4 heterocycles. The Morgan fingerprint density at radius 1 is 1.15 bits per heavy atom. The Bertz CT molecular complexity index is 1440. The molecule has 0 atom stereocenters. The van der Waals surface area contributed by atoms with Crippen LogP contribution in [-0.2, 0) is 0 Å². The van der Waals surface area contributed by atoms with Crippen LogP contribution in [0.4, 0.5) is 11.6 Å². The number of hydrogen-bond acceptors (Lipinski definition) is 6. The summed E-state index contributed by atoms with van der Waals surface area (Å²) in [4.78, 5) is 28.2. The Morgan fingerprint density at radius 3 is 2.76 bits per heavy atom. The van der Waals surface area contributed by atoms with Crippen molar-refractivity contribution in [1.82, 2.24) is 24.3 Å². The molecular formula is C26H23N7O. The number of nitrogens with two attached hydrogens (primary N) is 1. The molecular weight excluding hydrogens is 426 g/mol. The number of hydrogen-bond donors (Lipinski definition) is 2. The summed E-state index contributed by atoms with van der Waals surface area (Å²) in [5.41, 5.74) is 10.1. The van der Waals surface area contributed by atoms with Crippen molar-refractivity contribution in [2.75, 3.05) is 24.1 Å². The second-order valence-electron chi connectivity index (χ2n) is 7.79. The molecule has 5 rings (SSSR count). The Kier molecular flexibility index (Phi) is 5.67. The summed E-state index contributed by atoms with van der Waals surface area (Å²) in [5, 5.41) is 2.80. The van der Waals surface area contributed by atoms with Crippen molar-refractivity contribution in [2.24, 2.45) is 0 Å². The molecule has 4 aromatic rings.